The van der Waals surface area contributed by atoms with Gasteiger partial charge >= 0.3 is 12.3 Å². The zero-order chi connectivity index (χ0) is 18.8. The fraction of sp³-hybridized carbons (Fsp3) is 0.556. The fourth-order valence-electron chi connectivity index (χ4n) is 2.91. The van der Waals surface area contributed by atoms with Crippen LogP contribution in [-0.4, -0.2) is 23.5 Å². The highest BCUT2D eigenvalue weighted by atomic mass is 19.4. The summed E-state index contributed by atoms with van der Waals surface area (Å²) in [6.45, 7) is 5.22. The van der Waals surface area contributed by atoms with Crippen molar-refractivity contribution in [2.24, 2.45) is 0 Å². The minimum absolute atomic E-state index is 0.0344. The van der Waals surface area contributed by atoms with Crippen LogP contribution in [0.3, 0.4) is 0 Å². The van der Waals surface area contributed by atoms with Crippen molar-refractivity contribution < 1.29 is 27.5 Å². The number of benzene rings is 1. The van der Waals surface area contributed by atoms with Gasteiger partial charge in [0.2, 0.25) is 0 Å². The summed E-state index contributed by atoms with van der Waals surface area (Å²) in [4.78, 5) is 23.8. The number of halogens is 3. The molecule has 0 bridgehead atoms. The van der Waals surface area contributed by atoms with E-state index in [2.05, 4.69) is 5.32 Å². The van der Waals surface area contributed by atoms with E-state index in [-0.39, 0.29) is 24.2 Å². The zero-order valence-electron chi connectivity index (χ0n) is 14.4. The Kier molecular flexibility index (Phi) is 5.44. The van der Waals surface area contributed by atoms with Gasteiger partial charge in [-0.25, -0.2) is 4.79 Å². The first-order chi connectivity index (χ1) is 11.5. The van der Waals surface area contributed by atoms with E-state index in [9.17, 15) is 22.8 Å². The molecule has 0 saturated heterocycles. The minimum atomic E-state index is -4.41. The van der Waals surface area contributed by atoms with Crippen LogP contribution in [0, 0.1) is 0 Å². The Morgan fingerprint density at radius 2 is 1.76 bits per heavy atom. The van der Waals surface area contributed by atoms with Crippen LogP contribution in [0.4, 0.5) is 18.0 Å². The molecule has 1 aromatic rings. The van der Waals surface area contributed by atoms with Crippen molar-refractivity contribution in [3.63, 3.8) is 0 Å². The summed E-state index contributed by atoms with van der Waals surface area (Å²) in [7, 11) is 0. The predicted octanol–water partition coefficient (Wildman–Crippen LogP) is 4.44. The number of amides is 1. The molecular weight excluding hydrogens is 335 g/mol. The second-order valence-electron chi connectivity index (χ2n) is 7.26. The standard InChI is InChI=1S/C18H22F3NO3/c1-17(2,3)25-16(24)22-15-9-8-13(23)10-14(15)11-4-6-12(7-5-11)18(19,20)21/h4-7,14-15H,8-10H2,1-3H3,(H,22,24)/t14-,15+/m0/s1. The SMILES string of the molecule is CC(C)(C)OC(=O)N[C@@H]1CCC(=O)C[C@H]1c1ccc(C(F)(F)F)cc1. The van der Waals surface area contributed by atoms with E-state index < -0.39 is 23.4 Å². The van der Waals surface area contributed by atoms with Gasteiger partial charge in [-0.05, 0) is 44.9 Å². The highest BCUT2D eigenvalue weighted by Crippen LogP contribution is 2.34. The van der Waals surface area contributed by atoms with E-state index in [0.29, 0.717) is 18.4 Å². The van der Waals surface area contributed by atoms with Crippen molar-refractivity contribution in [1.82, 2.24) is 5.32 Å². The normalized spacial score (nSPS) is 21.8. The van der Waals surface area contributed by atoms with Crippen LogP contribution < -0.4 is 5.32 Å². The minimum Gasteiger partial charge on any atom is -0.444 e. The molecule has 1 saturated carbocycles. The number of nitrogens with one attached hydrogen (secondary N) is 1. The maximum absolute atomic E-state index is 12.7. The van der Waals surface area contributed by atoms with Crippen molar-refractivity contribution in [3.05, 3.63) is 35.4 Å². The van der Waals surface area contributed by atoms with Gasteiger partial charge in [0.1, 0.15) is 11.4 Å². The van der Waals surface area contributed by atoms with Crippen LogP contribution in [0.1, 0.15) is 57.1 Å². The quantitative estimate of drug-likeness (QED) is 0.852. The van der Waals surface area contributed by atoms with E-state index in [0.717, 1.165) is 12.1 Å². The Morgan fingerprint density at radius 3 is 2.28 bits per heavy atom. The van der Waals surface area contributed by atoms with Crippen LogP contribution in [-0.2, 0) is 15.7 Å². The summed E-state index contributed by atoms with van der Waals surface area (Å²) in [6.07, 6.45) is -4.05. The molecule has 0 heterocycles. The van der Waals surface area contributed by atoms with Crippen LogP contribution in [0.2, 0.25) is 0 Å². The molecule has 4 nitrogen and oxygen atoms in total. The highest BCUT2D eigenvalue weighted by molar-refractivity contribution is 5.81. The largest absolute Gasteiger partial charge is 0.444 e. The number of alkyl halides is 3. The van der Waals surface area contributed by atoms with Crippen LogP contribution in [0.5, 0.6) is 0 Å². The molecule has 0 spiro atoms. The first-order valence-corrected chi connectivity index (χ1v) is 8.14. The van der Waals surface area contributed by atoms with Crippen LogP contribution >= 0.6 is 0 Å². The fourth-order valence-corrected chi connectivity index (χ4v) is 2.91. The molecule has 2 atom stereocenters. The van der Waals surface area contributed by atoms with Crippen LogP contribution in [0.15, 0.2) is 24.3 Å². The molecule has 1 amide bonds. The maximum Gasteiger partial charge on any atom is 0.416 e. The number of Topliss-reactive ketones (excluding diaryl/α,β-unsaturated/α-hetero) is 1. The summed E-state index contributed by atoms with van der Waals surface area (Å²) in [6, 6.07) is 4.38. The van der Waals surface area contributed by atoms with Gasteiger partial charge in [-0.15, -0.1) is 0 Å². The molecule has 7 heteroatoms. The second-order valence-corrected chi connectivity index (χ2v) is 7.26. The Balaban J connectivity index is 2.16. The lowest BCUT2D eigenvalue weighted by molar-refractivity contribution is -0.137. The number of alkyl carbamates (subject to hydrolysis) is 1. The summed E-state index contributed by atoms with van der Waals surface area (Å²) >= 11 is 0. The first kappa shape index (κ1) is 19.3. The van der Waals surface area contributed by atoms with Gasteiger partial charge in [-0.2, -0.15) is 13.2 Å². The van der Waals surface area contributed by atoms with Gasteiger partial charge in [-0.3, -0.25) is 4.79 Å². The first-order valence-electron chi connectivity index (χ1n) is 8.14. The number of carbonyl (C=O) groups excluding carboxylic acids is 2. The van der Waals surface area contributed by atoms with Crippen molar-refractivity contribution in [1.29, 1.82) is 0 Å². The summed E-state index contributed by atoms with van der Waals surface area (Å²) in [5, 5.41) is 2.75. The number of ether oxygens (including phenoxy) is 1. The van der Waals surface area contributed by atoms with E-state index >= 15 is 0 Å². The Morgan fingerprint density at radius 1 is 1.16 bits per heavy atom. The summed E-state index contributed by atoms with van der Waals surface area (Å²) in [5.74, 6) is -0.330. The third-order valence-corrected chi connectivity index (χ3v) is 4.04. The van der Waals surface area contributed by atoms with Gasteiger partial charge in [0, 0.05) is 24.8 Å². The highest BCUT2D eigenvalue weighted by Gasteiger charge is 2.34. The lowest BCUT2D eigenvalue weighted by atomic mass is 9.79. The monoisotopic (exact) mass is 357 g/mol. The van der Waals surface area contributed by atoms with Crippen molar-refractivity contribution in [3.8, 4) is 0 Å². The third-order valence-electron chi connectivity index (χ3n) is 4.04. The molecule has 1 aliphatic carbocycles. The molecule has 25 heavy (non-hydrogen) atoms. The van der Waals surface area contributed by atoms with Gasteiger partial charge in [-0.1, -0.05) is 12.1 Å². The molecule has 0 aliphatic heterocycles. The Labute approximate surface area is 144 Å². The Hall–Kier alpha value is -2.05. The van der Waals surface area contributed by atoms with E-state index in [4.69, 9.17) is 4.74 Å². The number of ketones is 1. The maximum atomic E-state index is 12.7. The molecule has 1 aromatic carbocycles. The summed E-state index contributed by atoms with van der Waals surface area (Å²) < 4.78 is 43.3. The molecule has 0 radical (unpaired) electrons. The van der Waals surface area contributed by atoms with Crippen LogP contribution in [0.25, 0.3) is 0 Å². The van der Waals surface area contributed by atoms with E-state index in [1.165, 1.54) is 12.1 Å². The van der Waals surface area contributed by atoms with Gasteiger partial charge in [0.05, 0.1) is 5.56 Å². The van der Waals surface area contributed by atoms with Crippen molar-refractivity contribution in [2.75, 3.05) is 0 Å². The molecular formula is C18H22F3NO3. The van der Waals surface area contributed by atoms with E-state index in [1.807, 2.05) is 0 Å². The number of rotatable bonds is 2. The zero-order valence-corrected chi connectivity index (χ0v) is 14.4. The topological polar surface area (TPSA) is 55.4 Å². The smallest absolute Gasteiger partial charge is 0.416 e. The lowest BCUT2D eigenvalue weighted by Gasteiger charge is -2.32. The molecule has 1 fully saturated rings. The lowest BCUT2D eigenvalue weighted by Crippen LogP contribution is -2.44. The molecule has 1 N–H and O–H groups in total. The third kappa shape index (κ3) is 5.47. The number of hydrogen-bond acceptors (Lipinski definition) is 3. The van der Waals surface area contributed by atoms with Crippen molar-refractivity contribution in [2.45, 2.75) is 63.8 Å². The molecule has 1 aliphatic rings. The number of carbonyl (C=O) groups is 2. The average Bonchev–Trinajstić information content (AvgIpc) is 2.46. The Bertz CT molecular complexity index is 632. The van der Waals surface area contributed by atoms with Gasteiger partial charge in [0.15, 0.2) is 0 Å². The molecule has 0 aromatic heterocycles. The summed E-state index contributed by atoms with van der Waals surface area (Å²) in [5.41, 5.74) is -0.796. The molecule has 0 unspecified atom stereocenters. The predicted molar refractivity (Wildman–Crippen MR) is 86.2 cm³/mol. The molecule has 138 valence electrons. The van der Waals surface area contributed by atoms with Gasteiger partial charge in [0.25, 0.3) is 0 Å². The molecule has 2 rings (SSSR count). The van der Waals surface area contributed by atoms with Crippen molar-refractivity contribution >= 4 is 11.9 Å². The van der Waals surface area contributed by atoms with E-state index in [1.54, 1.807) is 20.8 Å². The number of hydrogen-bond donors (Lipinski definition) is 1. The average molecular weight is 357 g/mol. The second kappa shape index (κ2) is 7.06. The van der Waals surface area contributed by atoms with Gasteiger partial charge < -0.3 is 10.1 Å².